The molecule has 2 aliphatic heterocycles. The molecule has 4 heterocycles. The number of esters is 1. The molecule has 2 amide bonds. The van der Waals surface area contributed by atoms with Gasteiger partial charge in [-0.05, 0) is 43.7 Å². The Hall–Kier alpha value is -4.51. The van der Waals surface area contributed by atoms with Crippen LogP contribution in [0.4, 0.5) is 5.69 Å². The maximum atomic E-state index is 13.3. The molecule has 190 valence electrons. The number of pyridine rings is 2. The van der Waals surface area contributed by atoms with Gasteiger partial charge in [0.1, 0.15) is 12.6 Å². The number of ether oxygens (including phenoxy) is 1. The first-order chi connectivity index (χ1) is 17.5. The van der Waals surface area contributed by atoms with Gasteiger partial charge in [0.15, 0.2) is 5.60 Å². The summed E-state index contributed by atoms with van der Waals surface area (Å²) in [5.74, 6) is -1.83. The Balaban J connectivity index is 1.49. The smallest absolute Gasteiger partial charge is 0.343 e. The monoisotopic (exact) mass is 503 g/mol. The highest BCUT2D eigenvalue weighted by molar-refractivity contribution is 6.01. The number of carbonyl (C=O) groups is 3. The highest BCUT2D eigenvalue weighted by atomic mass is 16.6. The number of hydrogen-bond donors (Lipinski definition) is 4. The maximum Gasteiger partial charge on any atom is 0.343 e. The minimum absolute atomic E-state index is 0.0670. The molecule has 37 heavy (non-hydrogen) atoms. The van der Waals surface area contributed by atoms with E-state index in [1.54, 1.807) is 35.8 Å². The fraction of sp³-hybridized carbons (Fsp3) is 0.269. The first-order valence-electron chi connectivity index (χ1n) is 11.7. The lowest BCUT2D eigenvalue weighted by atomic mass is 9.86. The fourth-order valence-corrected chi connectivity index (χ4v) is 4.67. The Morgan fingerprint density at radius 2 is 2.05 bits per heavy atom. The van der Waals surface area contributed by atoms with Crippen molar-refractivity contribution < 1.29 is 24.2 Å². The molecular formula is C26H25N5O6. The lowest BCUT2D eigenvalue weighted by Crippen LogP contribution is -2.44. The van der Waals surface area contributed by atoms with E-state index < -0.39 is 29.4 Å². The molecule has 5 N–H and O–H groups in total. The third-order valence-electron chi connectivity index (χ3n) is 6.81. The number of nitrogens with two attached hydrogens (primary N) is 1. The topological polar surface area (TPSA) is 166 Å². The minimum Gasteiger partial charge on any atom is -0.458 e. The van der Waals surface area contributed by atoms with Crippen LogP contribution in [-0.4, -0.2) is 38.5 Å². The summed E-state index contributed by atoms with van der Waals surface area (Å²) >= 11 is 0. The van der Waals surface area contributed by atoms with Gasteiger partial charge in [-0.3, -0.25) is 14.4 Å². The van der Waals surface area contributed by atoms with Gasteiger partial charge in [0.05, 0.1) is 34.7 Å². The Kier molecular flexibility index (Phi) is 5.60. The van der Waals surface area contributed by atoms with Gasteiger partial charge in [0.25, 0.3) is 11.5 Å². The molecule has 0 saturated heterocycles. The molecule has 3 aromatic rings. The van der Waals surface area contributed by atoms with Crippen LogP contribution in [0.3, 0.4) is 0 Å². The van der Waals surface area contributed by atoms with Crippen molar-refractivity contribution >= 4 is 34.4 Å². The average Bonchev–Trinajstić information content (AvgIpc) is 3.22. The average molecular weight is 504 g/mol. The largest absolute Gasteiger partial charge is 0.458 e. The van der Waals surface area contributed by atoms with Crippen molar-refractivity contribution in [3.05, 3.63) is 69.7 Å². The fourth-order valence-electron chi connectivity index (χ4n) is 4.67. The summed E-state index contributed by atoms with van der Waals surface area (Å²) in [7, 11) is 0. The molecule has 2 atom stereocenters. The van der Waals surface area contributed by atoms with E-state index in [1.807, 2.05) is 6.07 Å². The van der Waals surface area contributed by atoms with Gasteiger partial charge in [0.2, 0.25) is 5.91 Å². The molecule has 0 fully saturated rings. The van der Waals surface area contributed by atoms with Gasteiger partial charge in [-0.2, -0.15) is 0 Å². The van der Waals surface area contributed by atoms with E-state index in [0.717, 1.165) is 10.9 Å². The van der Waals surface area contributed by atoms with Gasteiger partial charge >= 0.3 is 5.97 Å². The Labute approximate surface area is 210 Å². The van der Waals surface area contributed by atoms with E-state index in [-0.39, 0.29) is 42.0 Å². The van der Waals surface area contributed by atoms with Crippen LogP contribution in [0, 0.1) is 0 Å². The number of hydrogen-bond acceptors (Lipinski definition) is 8. The van der Waals surface area contributed by atoms with Crippen LogP contribution in [0.5, 0.6) is 0 Å². The first-order valence-corrected chi connectivity index (χ1v) is 11.7. The van der Waals surface area contributed by atoms with Crippen molar-refractivity contribution in [2.45, 2.75) is 45.1 Å². The SMILES string of the molecule is C=C(N)C(=O)N[C@@H](C)C(=O)Nc1ccc2nc3c(cc2c1)Cn1c-3cc2c(c1=O)COC(=O)[C@]2(O)CC. The van der Waals surface area contributed by atoms with Crippen LogP contribution >= 0.6 is 0 Å². The second-order valence-corrected chi connectivity index (χ2v) is 9.22. The first kappa shape index (κ1) is 24.2. The third kappa shape index (κ3) is 3.84. The molecule has 2 aliphatic rings. The normalized spacial score (nSPS) is 18.3. The molecule has 1 aromatic carbocycles. The van der Waals surface area contributed by atoms with Crippen molar-refractivity contribution in [3.8, 4) is 11.4 Å². The number of anilines is 1. The van der Waals surface area contributed by atoms with Gasteiger partial charge in [0, 0.05) is 22.2 Å². The van der Waals surface area contributed by atoms with Crippen LogP contribution in [0.15, 0.2) is 47.4 Å². The predicted molar refractivity (Wildman–Crippen MR) is 134 cm³/mol. The number of aromatic nitrogens is 2. The van der Waals surface area contributed by atoms with E-state index in [4.69, 9.17) is 15.5 Å². The molecule has 0 saturated carbocycles. The molecule has 11 nitrogen and oxygen atoms in total. The molecule has 0 bridgehead atoms. The summed E-state index contributed by atoms with van der Waals surface area (Å²) < 4.78 is 6.66. The summed E-state index contributed by atoms with van der Waals surface area (Å²) in [6, 6.07) is 7.86. The number of rotatable bonds is 5. The zero-order chi connectivity index (χ0) is 26.6. The van der Waals surface area contributed by atoms with E-state index >= 15 is 0 Å². The van der Waals surface area contributed by atoms with Crippen molar-refractivity contribution in [2.24, 2.45) is 5.73 Å². The second-order valence-electron chi connectivity index (χ2n) is 9.22. The van der Waals surface area contributed by atoms with Gasteiger partial charge in [-0.25, -0.2) is 9.78 Å². The Morgan fingerprint density at radius 3 is 2.76 bits per heavy atom. The van der Waals surface area contributed by atoms with E-state index in [0.29, 0.717) is 22.6 Å². The van der Waals surface area contributed by atoms with Gasteiger partial charge in [-0.1, -0.05) is 13.5 Å². The summed E-state index contributed by atoms with van der Waals surface area (Å²) in [5.41, 5.74) is 6.46. The van der Waals surface area contributed by atoms with E-state index in [2.05, 4.69) is 17.2 Å². The summed E-state index contributed by atoms with van der Waals surface area (Å²) in [5, 5.41) is 16.9. The van der Waals surface area contributed by atoms with E-state index in [9.17, 15) is 24.3 Å². The molecule has 0 spiro atoms. The van der Waals surface area contributed by atoms with Crippen molar-refractivity contribution in [1.29, 1.82) is 0 Å². The summed E-state index contributed by atoms with van der Waals surface area (Å²) in [6.07, 6.45) is 0.0670. The number of benzene rings is 1. The molecule has 5 rings (SSSR count). The lowest BCUT2D eigenvalue weighted by molar-refractivity contribution is -0.172. The maximum absolute atomic E-state index is 13.3. The number of nitrogens with zero attached hydrogens (tertiary/aromatic N) is 2. The summed E-state index contributed by atoms with van der Waals surface area (Å²) in [4.78, 5) is 54.5. The number of fused-ring (bicyclic) bond motifs is 5. The van der Waals surface area contributed by atoms with Crippen LogP contribution in [0.1, 0.15) is 37.0 Å². The van der Waals surface area contributed by atoms with Crippen molar-refractivity contribution in [2.75, 3.05) is 5.32 Å². The molecule has 11 heteroatoms. The number of nitrogens with one attached hydrogen (secondary N) is 2. The minimum atomic E-state index is -1.89. The van der Waals surface area contributed by atoms with Crippen LogP contribution in [0.25, 0.3) is 22.3 Å². The van der Waals surface area contributed by atoms with Crippen molar-refractivity contribution in [1.82, 2.24) is 14.9 Å². The lowest BCUT2D eigenvalue weighted by Gasteiger charge is -2.31. The molecule has 0 unspecified atom stereocenters. The van der Waals surface area contributed by atoms with Gasteiger partial charge in [-0.15, -0.1) is 0 Å². The standard InChI is InChI=1S/C26H25N5O6/c1-4-26(36)18-9-20-21-15(10-31(20)24(34)17(18)11-37-25(26)35)7-14-8-16(5-6-19(14)30-21)29-23(33)13(3)28-22(32)12(2)27/h5-9,13,36H,2,4,10-11,27H2,1,3H3,(H,28,32)(H,29,33)/t13-,26-/m0/s1. The Morgan fingerprint density at radius 1 is 1.30 bits per heavy atom. The number of aliphatic hydroxyl groups is 1. The van der Waals surface area contributed by atoms with Crippen LogP contribution in [-0.2, 0) is 37.9 Å². The van der Waals surface area contributed by atoms with E-state index in [1.165, 1.54) is 6.92 Å². The zero-order valence-corrected chi connectivity index (χ0v) is 20.3. The molecular weight excluding hydrogens is 478 g/mol. The molecule has 2 aromatic heterocycles. The third-order valence-corrected chi connectivity index (χ3v) is 6.81. The molecule has 0 aliphatic carbocycles. The Bertz CT molecular complexity index is 1590. The number of cyclic esters (lactones) is 1. The van der Waals surface area contributed by atoms with Crippen LogP contribution in [0.2, 0.25) is 0 Å². The zero-order valence-electron chi connectivity index (χ0n) is 20.3. The van der Waals surface area contributed by atoms with Crippen molar-refractivity contribution in [3.63, 3.8) is 0 Å². The number of carbonyl (C=O) groups excluding carboxylic acids is 3. The van der Waals surface area contributed by atoms with Crippen LogP contribution < -0.4 is 21.9 Å². The highest BCUT2D eigenvalue weighted by Gasteiger charge is 2.45. The highest BCUT2D eigenvalue weighted by Crippen LogP contribution is 2.38. The second kappa shape index (κ2) is 8.56. The number of amides is 2. The molecule has 0 radical (unpaired) electrons. The summed E-state index contributed by atoms with van der Waals surface area (Å²) in [6.45, 7) is 6.60. The van der Waals surface area contributed by atoms with Gasteiger partial charge < -0.3 is 30.8 Å². The predicted octanol–water partition coefficient (Wildman–Crippen LogP) is 0.995. The quantitative estimate of drug-likeness (QED) is 0.231.